The lowest BCUT2D eigenvalue weighted by Crippen LogP contribution is -3.00. The lowest BCUT2D eigenvalue weighted by Gasteiger charge is -2.24. The molecule has 0 saturated heterocycles. The van der Waals surface area contributed by atoms with Crippen molar-refractivity contribution in [1.82, 2.24) is 0 Å². The Balaban J connectivity index is 0.00000316. The number of benzene rings is 2. The zero-order chi connectivity index (χ0) is 28.7. The van der Waals surface area contributed by atoms with E-state index in [9.17, 15) is 0 Å². The van der Waals surface area contributed by atoms with Gasteiger partial charge in [0.1, 0.15) is 7.05 Å². The number of fused-ring (bicyclic) bond motifs is 4. The van der Waals surface area contributed by atoms with E-state index in [0.29, 0.717) is 0 Å². The van der Waals surface area contributed by atoms with Crippen molar-refractivity contribution >= 4 is 28.7 Å². The van der Waals surface area contributed by atoms with E-state index in [2.05, 4.69) is 99.8 Å². The highest BCUT2D eigenvalue weighted by molar-refractivity contribution is 6.32. The second-order valence-corrected chi connectivity index (χ2v) is 12.8. The largest absolute Gasteiger partial charge is 1.00 e. The Hall–Kier alpha value is -2.91. The first-order valence-corrected chi connectivity index (χ1v) is 14.7. The minimum Gasteiger partial charge on any atom is -1.00 e. The van der Waals surface area contributed by atoms with Gasteiger partial charge in [-0.15, -0.1) is 0 Å². The van der Waals surface area contributed by atoms with Gasteiger partial charge in [0.15, 0.2) is 28.7 Å². The van der Waals surface area contributed by atoms with Gasteiger partial charge in [0, 0.05) is 46.6 Å². The monoisotopic (exact) mass is 698 g/mol. The van der Waals surface area contributed by atoms with Gasteiger partial charge in [0.05, 0.1) is 11.5 Å². The maximum absolute atomic E-state index is 7.08. The average Bonchev–Trinajstić information content (AvgIpc) is 3.67. The van der Waals surface area contributed by atoms with Gasteiger partial charge in [0.2, 0.25) is 19.3 Å². The van der Waals surface area contributed by atoms with Crippen LogP contribution in [0.4, 0.5) is 11.4 Å². The standard InChI is InChI=1S/C34H36ClN2O4.HI/c1-33(2)22-14-26-28(40-18-38-26)16-24(22)36(5)30(33)12-10-20-8-7-9-21(32(20)35)11-13-31-34(3,4)23-15-27-29(41-19-39-27)17-25(23)37(31)6;/h10-17H,7-9,18-19H2,1-6H3;1H/q+1;/p-1. The molecule has 8 heteroatoms. The van der Waals surface area contributed by atoms with Crippen LogP contribution in [-0.4, -0.2) is 38.0 Å². The molecule has 7 rings (SSSR count). The van der Waals surface area contributed by atoms with Crippen LogP contribution in [0.15, 0.2) is 70.4 Å². The molecular formula is C34H36ClIN2O4. The number of ether oxygens (including phenoxy) is 4. The normalized spacial score (nSPS) is 22.9. The summed E-state index contributed by atoms with van der Waals surface area (Å²) >= 11 is 7.08. The summed E-state index contributed by atoms with van der Waals surface area (Å²) in [6, 6.07) is 8.44. The first-order valence-electron chi connectivity index (χ1n) is 14.3. The molecule has 5 aliphatic rings. The van der Waals surface area contributed by atoms with E-state index in [1.165, 1.54) is 33.7 Å². The van der Waals surface area contributed by atoms with Crippen molar-refractivity contribution in [2.45, 2.75) is 57.8 Å². The van der Waals surface area contributed by atoms with E-state index in [-0.39, 0.29) is 48.4 Å². The summed E-state index contributed by atoms with van der Waals surface area (Å²) in [6.45, 7) is 9.61. The highest BCUT2D eigenvalue weighted by Crippen LogP contribution is 2.52. The van der Waals surface area contributed by atoms with Gasteiger partial charge >= 0.3 is 0 Å². The number of rotatable bonds is 3. The number of halogens is 2. The van der Waals surface area contributed by atoms with Crippen molar-refractivity contribution in [2.75, 3.05) is 32.6 Å². The fourth-order valence-electron chi connectivity index (χ4n) is 7.00. The third-order valence-electron chi connectivity index (χ3n) is 9.40. The van der Waals surface area contributed by atoms with E-state index in [4.69, 9.17) is 30.5 Å². The number of likely N-dealkylation sites (N-methyl/N-ethyl adjacent to an activating group) is 1. The maximum atomic E-state index is 7.08. The van der Waals surface area contributed by atoms with Crippen molar-refractivity contribution in [2.24, 2.45) is 0 Å². The third kappa shape index (κ3) is 4.37. The molecule has 0 spiro atoms. The summed E-state index contributed by atoms with van der Waals surface area (Å²) in [5.74, 6) is 3.26. The van der Waals surface area contributed by atoms with Crippen LogP contribution in [0.2, 0.25) is 0 Å². The number of hydrogen-bond donors (Lipinski definition) is 0. The molecular weight excluding hydrogens is 663 g/mol. The molecule has 0 saturated carbocycles. The molecule has 0 fully saturated rings. The predicted octanol–water partition coefficient (Wildman–Crippen LogP) is 4.62. The average molecular weight is 699 g/mol. The molecule has 1 aliphatic carbocycles. The van der Waals surface area contributed by atoms with Gasteiger partial charge in [0.25, 0.3) is 0 Å². The van der Waals surface area contributed by atoms with Crippen LogP contribution in [0.3, 0.4) is 0 Å². The van der Waals surface area contributed by atoms with Crippen molar-refractivity contribution in [3.8, 4) is 23.0 Å². The van der Waals surface area contributed by atoms with Crippen LogP contribution in [0, 0.1) is 0 Å². The first kappa shape index (κ1) is 29.2. The highest BCUT2D eigenvalue weighted by Gasteiger charge is 2.45. The van der Waals surface area contributed by atoms with Crippen LogP contribution >= 0.6 is 11.6 Å². The lowest BCUT2D eigenvalue weighted by atomic mass is 9.81. The zero-order valence-corrected chi connectivity index (χ0v) is 27.9. The van der Waals surface area contributed by atoms with Crippen molar-refractivity contribution in [3.05, 3.63) is 81.6 Å². The molecule has 2 aromatic rings. The van der Waals surface area contributed by atoms with E-state index in [1.807, 2.05) is 0 Å². The highest BCUT2D eigenvalue weighted by atomic mass is 127. The second kappa shape index (κ2) is 10.4. The molecule has 220 valence electrons. The third-order valence-corrected chi connectivity index (χ3v) is 9.88. The van der Waals surface area contributed by atoms with Gasteiger partial charge in [-0.1, -0.05) is 37.6 Å². The van der Waals surface area contributed by atoms with Gasteiger partial charge in [-0.25, -0.2) is 0 Å². The summed E-state index contributed by atoms with van der Waals surface area (Å²) in [5, 5.41) is 0.860. The summed E-state index contributed by atoms with van der Waals surface area (Å²) in [7, 11) is 4.24. The molecule has 4 aliphatic heterocycles. The molecule has 2 aromatic carbocycles. The Morgan fingerprint density at radius 2 is 1.43 bits per heavy atom. The fourth-order valence-corrected chi connectivity index (χ4v) is 7.32. The maximum Gasteiger partial charge on any atom is 0.231 e. The van der Waals surface area contributed by atoms with E-state index in [1.54, 1.807) is 0 Å². The number of allylic oxidation sites excluding steroid dienone is 8. The van der Waals surface area contributed by atoms with Crippen molar-refractivity contribution in [3.63, 3.8) is 0 Å². The first-order chi connectivity index (χ1) is 19.6. The van der Waals surface area contributed by atoms with Gasteiger partial charge in [-0.2, -0.15) is 4.58 Å². The Morgan fingerprint density at radius 3 is 2.12 bits per heavy atom. The summed E-state index contributed by atoms with van der Waals surface area (Å²) in [4.78, 5) is 2.26. The second-order valence-electron chi connectivity index (χ2n) is 12.5. The Morgan fingerprint density at radius 1 is 0.810 bits per heavy atom. The minimum absolute atomic E-state index is 0. The Labute approximate surface area is 269 Å². The van der Waals surface area contributed by atoms with Crippen LogP contribution in [0.1, 0.15) is 58.1 Å². The number of nitrogens with zero attached hydrogens (tertiary/aromatic N) is 2. The van der Waals surface area contributed by atoms with Gasteiger partial charge < -0.3 is 47.8 Å². The molecule has 0 radical (unpaired) electrons. The molecule has 0 unspecified atom stereocenters. The topological polar surface area (TPSA) is 43.2 Å². The Kier molecular flexibility index (Phi) is 7.20. The van der Waals surface area contributed by atoms with Crippen LogP contribution in [0.5, 0.6) is 23.0 Å². The van der Waals surface area contributed by atoms with Crippen LogP contribution < -0.4 is 47.8 Å². The number of anilines is 1. The van der Waals surface area contributed by atoms with E-state index >= 15 is 0 Å². The van der Waals surface area contributed by atoms with Crippen molar-refractivity contribution < 1.29 is 47.5 Å². The quantitative estimate of drug-likeness (QED) is 0.346. The van der Waals surface area contributed by atoms with Crippen molar-refractivity contribution in [1.29, 1.82) is 0 Å². The van der Waals surface area contributed by atoms with Gasteiger partial charge in [-0.3, -0.25) is 0 Å². The summed E-state index contributed by atoms with van der Waals surface area (Å²) in [6.07, 6.45) is 11.9. The Bertz CT molecular complexity index is 1660. The molecule has 0 N–H and O–H groups in total. The minimum atomic E-state index is -0.170. The number of hydrogen-bond acceptors (Lipinski definition) is 5. The lowest BCUT2D eigenvalue weighted by molar-refractivity contribution is -0.401. The fraction of sp³-hybridized carbons (Fsp3) is 0.382. The molecule has 0 bridgehead atoms. The van der Waals surface area contributed by atoms with Gasteiger partial charge in [-0.05, 0) is 68.0 Å². The molecule has 0 amide bonds. The molecule has 6 nitrogen and oxygen atoms in total. The van der Waals surface area contributed by atoms with E-state index in [0.717, 1.165) is 58.7 Å². The predicted molar refractivity (Wildman–Crippen MR) is 162 cm³/mol. The van der Waals surface area contributed by atoms with E-state index < -0.39 is 0 Å². The zero-order valence-electron chi connectivity index (χ0n) is 24.9. The summed E-state index contributed by atoms with van der Waals surface area (Å²) < 4.78 is 24.9. The smallest absolute Gasteiger partial charge is 0.231 e. The SMILES string of the molecule is CN1/C(=C\C=C2/CCCC(/C=C/C3=[N+](C)c4cc5c(cc4C3(C)C)OCO5)=C2Cl)C(C)(C)c2cc3c(cc21)OCO3.[I-]. The molecule has 0 atom stereocenters. The summed E-state index contributed by atoms with van der Waals surface area (Å²) in [5.41, 5.74) is 9.25. The molecule has 0 aromatic heterocycles. The van der Waals surface area contributed by atoms with Crippen LogP contribution in [-0.2, 0) is 10.8 Å². The van der Waals surface area contributed by atoms with Crippen LogP contribution in [0.25, 0.3) is 0 Å². The molecule has 42 heavy (non-hydrogen) atoms. The molecule has 4 heterocycles.